The average molecular weight is 272 g/mol. The molecule has 0 bridgehead atoms. The normalized spacial score (nSPS) is 17.1. The van der Waals surface area contributed by atoms with Crippen LogP contribution in [0.15, 0.2) is 29.6 Å². The van der Waals surface area contributed by atoms with Gasteiger partial charge in [0.25, 0.3) is 0 Å². The summed E-state index contributed by atoms with van der Waals surface area (Å²) >= 11 is 1.53. The van der Waals surface area contributed by atoms with Crippen molar-refractivity contribution in [2.45, 2.75) is 32.8 Å². The van der Waals surface area contributed by atoms with Gasteiger partial charge in [0.1, 0.15) is 11.9 Å². The standard InChI is InChI=1S/C16H16O2S/c1-3-11-6-7-19-16(11)15(17)12-4-5-14-13(9-12)8-10(2)18-14/h4-7,9-10H,3,8H2,1-2H3. The number of ether oxygens (including phenoxy) is 1. The molecule has 0 spiro atoms. The molecule has 1 unspecified atom stereocenters. The van der Waals surface area contributed by atoms with E-state index in [4.69, 9.17) is 4.74 Å². The van der Waals surface area contributed by atoms with Gasteiger partial charge in [-0.2, -0.15) is 0 Å². The van der Waals surface area contributed by atoms with Gasteiger partial charge < -0.3 is 4.74 Å². The third kappa shape index (κ3) is 2.19. The number of hydrogen-bond acceptors (Lipinski definition) is 3. The molecule has 0 saturated carbocycles. The summed E-state index contributed by atoms with van der Waals surface area (Å²) in [6, 6.07) is 7.82. The largest absolute Gasteiger partial charge is 0.490 e. The van der Waals surface area contributed by atoms with E-state index in [1.54, 1.807) is 0 Å². The molecule has 1 aromatic heterocycles. The number of aryl methyl sites for hydroxylation is 1. The Balaban J connectivity index is 1.95. The van der Waals surface area contributed by atoms with Gasteiger partial charge in [-0.25, -0.2) is 0 Å². The SMILES string of the molecule is CCc1ccsc1C(=O)c1ccc2c(c1)CC(C)O2. The van der Waals surface area contributed by atoms with Gasteiger partial charge in [-0.1, -0.05) is 6.92 Å². The zero-order valence-corrected chi connectivity index (χ0v) is 11.9. The highest BCUT2D eigenvalue weighted by Crippen LogP contribution is 2.31. The average Bonchev–Trinajstić information content (AvgIpc) is 3.01. The van der Waals surface area contributed by atoms with Crippen molar-refractivity contribution in [3.63, 3.8) is 0 Å². The molecule has 2 nitrogen and oxygen atoms in total. The van der Waals surface area contributed by atoms with E-state index >= 15 is 0 Å². The number of benzene rings is 1. The molecule has 1 aromatic carbocycles. The second kappa shape index (κ2) is 4.82. The molecule has 2 heterocycles. The summed E-state index contributed by atoms with van der Waals surface area (Å²) in [6.07, 6.45) is 2.00. The van der Waals surface area contributed by atoms with Crippen LogP contribution in [0.1, 0.15) is 40.2 Å². The Kier molecular flexibility index (Phi) is 3.15. The molecule has 0 radical (unpaired) electrons. The fourth-order valence-corrected chi connectivity index (χ4v) is 3.46. The Morgan fingerprint density at radius 2 is 2.26 bits per heavy atom. The van der Waals surface area contributed by atoms with Crippen LogP contribution in [-0.4, -0.2) is 11.9 Å². The number of carbonyl (C=O) groups excluding carboxylic acids is 1. The summed E-state index contributed by atoms with van der Waals surface area (Å²) in [5.74, 6) is 1.06. The Morgan fingerprint density at radius 3 is 3.05 bits per heavy atom. The topological polar surface area (TPSA) is 26.3 Å². The highest BCUT2D eigenvalue weighted by Gasteiger charge is 2.21. The summed E-state index contributed by atoms with van der Waals surface area (Å²) in [5.41, 5.74) is 3.06. The molecule has 1 atom stereocenters. The van der Waals surface area contributed by atoms with E-state index in [9.17, 15) is 4.79 Å². The Labute approximate surface area is 117 Å². The van der Waals surface area contributed by atoms with Gasteiger partial charge in [0.15, 0.2) is 0 Å². The minimum Gasteiger partial charge on any atom is -0.490 e. The highest BCUT2D eigenvalue weighted by molar-refractivity contribution is 7.12. The fraction of sp³-hybridized carbons (Fsp3) is 0.312. The molecule has 0 aliphatic carbocycles. The van der Waals surface area contributed by atoms with E-state index in [-0.39, 0.29) is 11.9 Å². The number of rotatable bonds is 3. The summed E-state index contributed by atoms with van der Waals surface area (Å²) in [4.78, 5) is 13.4. The van der Waals surface area contributed by atoms with Gasteiger partial charge >= 0.3 is 0 Å². The number of fused-ring (bicyclic) bond motifs is 1. The molecule has 3 rings (SSSR count). The van der Waals surface area contributed by atoms with Gasteiger partial charge in [0.2, 0.25) is 5.78 Å². The van der Waals surface area contributed by atoms with Crippen molar-refractivity contribution in [3.05, 3.63) is 51.2 Å². The number of thiophene rings is 1. The van der Waals surface area contributed by atoms with Crippen LogP contribution >= 0.6 is 11.3 Å². The molecule has 1 aliphatic heterocycles. The molecular weight excluding hydrogens is 256 g/mol. The monoisotopic (exact) mass is 272 g/mol. The lowest BCUT2D eigenvalue weighted by molar-refractivity contribution is 0.104. The van der Waals surface area contributed by atoms with Gasteiger partial charge in [-0.15, -0.1) is 11.3 Å². The van der Waals surface area contributed by atoms with Crippen molar-refractivity contribution < 1.29 is 9.53 Å². The third-order valence-corrected chi connectivity index (χ3v) is 4.45. The van der Waals surface area contributed by atoms with Crippen LogP contribution in [0, 0.1) is 0 Å². The number of carbonyl (C=O) groups is 1. The maximum absolute atomic E-state index is 12.5. The maximum atomic E-state index is 12.5. The molecule has 0 N–H and O–H groups in total. The molecule has 0 fully saturated rings. The first-order chi connectivity index (χ1) is 9.19. The Morgan fingerprint density at radius 1 is 1.42 bits per heavy atom. The second-order valence-electron chi connectivity index (χ2n) is 4.91. The Hall–Kier alpha value is -1.61. The number of hydrogen-bond donors (Lipinski definition) is 0. The van der Waals surface area contributed by atoms with E-state index in [1.165, 1.54) is 11.3 Å². The zero-order valence-electron chi connectivity index (χ0n) is 11.1. The van der Waals surface area contributed by atoms with Crippen molar-refractivity contribution in [2.75, 3.05) is 0 Å². The van der Waals surface area contributed by atoms with Crippen molar-refractivity contribution in [1.29, 1.82) is 0 Å². The minimum absolute atomic E-state index is 0.134. The van der Waals surface area contributed by atoms with Gasteiger partial charge in [-0.05, 0) is 54.1 Å². The summed E-state index contributed by atoms with van der Waals surface area (Å²) in [5, 5.41) is 1.99. The minimum atomic E-state index is 0.134. The van der Waals surface area contributed by atoms with E-state index in [1.807, 2.05) is 29.6 Å². The molecule has 98 valence electrons. The van der Waals surface area contributed by atoms with E-state index in [0.717, 1.165) is 40.2 Å². The molecule has 3 heteroatoms. The van der Waals surface area contributed by atoms with Gasteiger partial charge in [0.05, 0.1) is 4.88 Å². The molecule has 19 heavy (non-hydrogen) atoms. The summed E-state index contributed by atoms with van der Waals surface area (Å²) in [6.45, 7) is 4.13. The first-order valence-corrected chi connectivity index (χ1v) is 7.47. The van der Waals surface area contributed by atoms with Crippen LogP contribution in [0.25, 0.3) is 0 Å². The van der Waals surface area contributed by atoms with E-state index < -0.39 is 0 Å². The molecule has 0 saturated heterocycles. The van der Waals surface area contributed by atoms with Crippen LogP contribution in [-0.2, 0) is 12.8 Å². The fourth-order valence-electron chi connectivity index (χ4n) is 2.51. The molecule has 0 amide bonds. The zero-order chi connectivity index (χ0) is 13.4. The molecule has 2 aromatic rings. The first kappa shape index (κ1) is 12.4. The first-order valence-electron chi connectivity index (χ1n) is 6.59. The third-order valence-electron chi connectivity index (χ3n) is 3.49. The highest BCUT2D eigenvalue weighted by atomic mass is 32.1. The molecule has 1 aliphatic rings. The smallest absolute Gasteiger partial charge is 0.203 e. The lowest BCUT2D eigenvalue weighted by Crippen LogP contribution is -2.05. The quantitative estimate of drug-likeness (QED) is 0.793. The van der Waals surface area contributed by atoms with Crippen LogP contribution in [0.3, 0.4) is 0 Å². The van der Waals surface area contributed by atoms with Crippen molar-refractivity contribution in [1.82, 2.24) is 0 Å². The molecular formula is C16H16O2S. The van der Waals surface area contributed by atoms with Crippen LogP contribution in [0.2, 0.25) is 0 Å². The predicted molar refractivity (Wildman–Crippen MR) is 77.4 cm³/mol. The summed E-state index contributed by atoms with van der Waals surface area (Å²) < 4.78 is 5.67. The second-order valence-corrected chi connectivity index (χ2v) is 5.83. The van der Waals surface area contributed by atoms with Crippen LogP contribution < -0.4 is 4.74 Å². The Bertz CT molecular complexity index is 627. The van der Waals surface area contributed by atoms with Crippen LogP contribution in [0.4, 0.5) is 0 Å². The van der Waals surface area contributed by atoms with Crippen molar-refractivity contribution in [3.8, 4) is 5.75 Å². The van der Waals surface area contributed by atoms with Crippen molar-refractivity contribution >= 4 is 17.1 Å². The van der Waals surface area contributed by atoms with E-state index in [2.05, 4.69) is 13.8 Å². The summed E-state index contributed by atoms with van der Waals surface area (Å²) in [7, 11) is 0. The lowest BCUT2D eigenvalue weighted by Gasteiger charge is -2.04. The number of ketones is 1. The van der Waals surface area contributed by atoms with Gasteiger partial charge in [0, 0.05) is 12.0 Å². The van der Waals surface area contributed by atoms with Crippen molar-refractivity contribution in [2.24, 2.45) is 0 Å². The van der Waals surface area contributed by atoms with Crippen LogP contribution in [0.5, 0.6) is 5.75 Å². The predicted octanol–water partition coefficient (Wildman–Crippen LogP) is 3.86. The lowest BCUT2D eigenvalue weighted by atomic mass is 10.0. The van der Waals surface area contributed by atoms with E-state index in [0.29, 0.717) is 0 Å². The van der Waals surface area contributed by atoms with Gasteiger partial charge in [-0.3, -0.25) is 4.79 Å². The maximum Gasteiger partial charge on any atom is 0.203 e.